The largest absolute Gasteiger partial charge is 0.464 e. The number of hydrogen-bond donors (Lipinski definition) is 1. The number of nitrogens with one attached hydrogen (secondary N) is 1. The van der Waals surface area contributed by atoms with E-state index in [2.05, 4.69) is 20.0 Å². The predicted molar refractivity (Wildman–Crippen MR) is 53.5 cm³/mol. The topological polar surface area (TPSA) is 86.5 Å². The van der Waals surface area contributed by atoms with Crippen LogP contribution in [-0.2, 0) is 20.8 Å². The van der Waals surface area contributed by atoms with Crippen molar-refractivity contribution in [3.05, 3.63) is 12.2 Å². The van der Waals surface area contributed by atoms with Gasteiger partial charge in [0.2, 0.25) is 6.39 Å². The van der Waals surface area contributed by atoms with Gasteiger partial charge in [-0.3, -0.25) is 0 Å². The van der Waals surface area contributed by atoms with Crippen molar-refractivity contribution in [1.82, 2.24) is 15.5 Å². The van der Waals surface area contributed by atoms with E-state index in [4.69, 9.17) is 9.47 Å². The second-order valence-corrected chi connectivity index (χ2v) is 2.88. The van der Waals surface area contributed by atoms with Gasteiger partial charge >= 0.3 is 5.97 Å². The lowest BCUT2D eigenvalue weighted by Gasteiger charge is -2.04. The van der Waals surface area contributed by atoms with Crippen molar-refractivity contribution in [2.75, 3.05) is 26.4 Å². The molecule has 0 atom stereocenters. The number of rotatable bonds is 8. The van der Waals surface area contributed by atoms with E-state index in [1.54, 1.807) is 6.92 Å². The molecule has 0 aliphatic rings. The Morgan fingerprint density at radius 2 is 2.50 bits per heavy atom. The van der Waals surface area contributed by atoms with Crippen LogP contribution in [0.25, 0.3) is 0 Å². The molecule has 1 aromatic rings. The fourth-order valence-electron chi connectivity index (χ4n) is 0.973. The molecule has 0 aliphatic heterocycles. The van der Waals surface area contributed by atoms with E-state index in [1.165, 1.54) is 6.39 Å². The lowest BCUT2D eigenvalue weighted by molar-refractivity contribution is -0.148. The van der Waals surface area contributed by atoms with E-state index >= 15 is 0 Å². The van der Waals surface area contributed by atoms with Gasteiger partial charge in [0.05, 0.1) is 19.8 Å². The molecule has 0 aliphatic carbocycles. The molecule has 7 heteroatoms. The highest BCUT2D eigenvalue weighted by atomic mass is 16.6. The molecule has 1 rings (SSSR count). The van der Waals surface area contributed by atoms with Crippen molar-refractivity contribution in [3.63, 3.8) is 0 Å². The van der Waals surface area contributed by atoms with Crippen molar-refractivity contribution in [2.24, 2.45) is 0 Å². The summed E-state index contributed by atoms with van der Waals surface area (Å²) >= 11 is 0. The lowest BCUT2D eigenvalue weighted by atomic mass is 10.5. The van der Waals surface area contributed by atoms with E-state index in [0.29, 0.717) is 32.1 Å². The molecule has 0 saturated heterocycles. The maximum atomic E-state index is 10.9. The number of carbonyl (C=O) groups is 1. The molecule has 0 unspecified atom stereocenters. The van der Waals surface area contributed by atoms with Crippen LogP contribution in [-0.4, -0.2) is 42.5 Å². The van der Waals surface area contributed by atoms with Crippen LogP contribution in [0.4, 0.5) is 0 Å². The zero-order chi connectivity index (χ0) is 11.6. The Bertz CT molecular complexity index is 289. The summed E-state index contributed by atoms with van der Waals surface area (Å²) in [4.78, 5) is 14.7. The SMILES string of the molecule is CCOC(=O)COCCNCc1ncon1. The number of hydrogen-bond acceptors (Lipinski definition) is 7. The number of carbonyl (C=O) groups excluding carboxylic acids is 1. The number of aromatic nitrogens is 2. The smallest absolute Gasteiger partial charge is 0.332 e. The Labute approximate surface area is 93.1 Å². The summed E-state index contributed by atoms with van der Waals surface area (Å²) in [7, 11) is 0. The zero-order valence-electron chi connectivity index (χ0n) is 9.14. The van der Waals surface area contributed by atoms with Crippen LogP contribution in [0.1, 0.15) is 12.7 Å². The third-order valence-corrected chi connectivity index (χ3v) is 1.64. The van der Waals surface area contributed by atoms with Gasteiger partial charge < -0.3 is 19.3 Å². The molecule has 0 aromatic carbocycles. The van der Waals surface area contributed by atoms with Crippen LogP contribution in [0.3, 0.4) is 0 Å². The predicted octanol–water partition coefficient (Wildman–Crippen LogP) is -0.261. The maximum Gasteiger partial charge on any atom is 0.332 e. The van der Waals surface area contributed by atoms with Crippen molar-refractivity contribution in [3.8, 4) is 0 Å². The fourth-order valence-corrected chi connectivity index (χ4v) is 0.973. The number of nitrogens with zero attached hydrogens (tertiary/aromatic N) is 2. The van der Waals surface area contributed by atoms with Crippen molar-refractivity contribution >= 4 is 5.97 Å². The van der Waals surface area contributed by atoms with E-state index < -0.39 is 0 Å². The first-order valence-corrected chi connectivity index (χ1v) is 5.02. The third kappa shape index (κ3) is 5.42. The standard InChI is InChI=1S/C9H15N3O4/c1-2-15-9(13)6-14-4-3-10-5-8-11-7-16-12-8/h7,10H,2-6H2,1H3. The average molecular weight is 229 g/mol. The van der Waals surface area contributed by atoms with Gasteiger partial charge in [0.15, 0.2) is 5.82 Å². The second-order valence-electron chi connectivity index (χ2n) is 2.88. The van der Waals surface area contributed by atoms with Gasteiger partial charge in [-0.25, -0.2) is 4.79 Å². The summed E-state index contributed by atoms with van der Waals surface area (Å²) in [5.41, 5.74) is 0. The van der Waals surface area contributed by atoms with Crippen LogP contribution >= 0.6 is 0 Å². The molecule has 0 fully saturated rings. The number of ether oxygens (including phenoxy) is 2. The Kier molecular flexibility index (Phi) is 6.12. The van der Waals surface area contributed by atoms with Gasteiger partial charge in [-0.15, -0.1) is 0 Å². The lowest BCUT2D eigenvalue weighted by Crippen LogP contribution is -2.22. The molecule has 1 aromatic heterocycles. The van der Waals surface area contributed by atoms with Crippen LogP contribution in [0.5, 0.6) is 0 Å². The van der Waals surface area contributed by atoms with Gasteiger partial charge in [0, 0.05) is 6.54 Å². The van der Waals surface area contributed by atoms with Gasteiger partial charge in [0.25, 0.3) is 0 Å². The minimum absolute atomic E-state index is 0.0161. The minimum Gasteiger partial charge on any atom is -0.464 e. The van der Waals surface area contributed by atoms with Crippen LogP contribution in [0.2, 0.25) is 0 Å². The fraction of sp³-hybridized carbons (Fsp3) is 0.667. The summed E-state index contributed by atoms with van der Waals surface area (Å²) in [6.07, 6.45) is 1.27. The molecule has 1 N–H and O–H groups in total. The number of esters is 1. The quantitative estimate of drug-likeness (QED) is 0.485. The minimum atomic E-state index is -0.347. The summed E-state index contributed by atoms with van der Waals surface area (Å²) in [5, 5.41) is 6.65. The van der Waals surface area contributed by atoms with Crippen LogP contribution in [0.15, 0.2) is 10.9 Å². The summed E-state index contributed by atoms with van der Waals surface area (Å²) < 4.78 is 14.3. The molecule has 7 nitrogen and oxygen atoms in total. The Morgan fingerprint density at radius 1 is 1.62 bits per heavy atom. The van der Waals surface area contributed by atoms with E-state index in [9.17, 15) is 4.79 Å². The highest BCUT2D eigenvalue weighted by molar-refractivity contribution is 5.70. The normalized spacial score (nSPS) is 10.3. The highest BCUT2D eigenvalue weighted by Crippen LogP contribution is 1.86. The molecule has 0 bridgehead atoms. The molecule has 0 saturated carbocycles. The molecule has 16 heavy (non-hydrogen) atoms. The molecule has 0 spiro atoms. The summed E-state index contributed by atoms with van der Waals surface area (Å²) in [6.45, 7) is 3.66. The monoisotopic (exact) mass is 229 g/mol. The van der Waals surface area contributed by atoms with Crippen LogP contribution in [0, 0.1) is 0 Å². The van der Waals surface area contributed by atoms with E-state index in [1.807, 2.05) is 0 Å². The molecule has 90 valence electrons. The van der Waals surface area contributed by atoms with Gasteiger partial charge in [0.1, 0.15) is 6.61 Å². The highest BCUT2D eigenvalue weighted by Gasteiger charge is 2.01. The van der Waals surface area contributed by atoms with E-state index in [-0.39, 0.29) is 12.6 Å². The van der Waals surface area contributed by atoms with E-state index in [0.717, 1.165) is 0 Å². The Morgan fingerprint density at radius 3 is 3.19 bits per heavy atom. The van der Waals surface area contributed by atoms with Crippen LogP contribution < -0.4 is 5.32 Å². The molecule has 0 radical (unpaired) electrons. The maximum absolute atomic E-state index is 10.9. The first-order chi connectivity index (χ1) is 7.83. The van der Waals surface area contributed by atoms with Crippen molar-refractivity contribution in [2.45, 2.75) is 13.5 Å². The molecular weight excluding hydrogens is 214 g/mol. The molecular formula is C9H15N3O4. The van der Waals surface area contributed by atoms with Gasteiger partial charge in [-0.05, 0) is 6.92 Å². The first-order valence-electron chi connectivity index (χ1n) is 5.02. The third-order valence-electron chi connectivity index (χ3n) is 1.64. The first kappa shape index (κ1) is 12.6. The van der Waals surface area contributed by atoms with Crippen molar-refractivity contribution < 1.29 is 18.8 Å². The van der Waals surface area contributed by atoms with Gasteiger partial charge in [-0.2, -0.15) is 4.98 Å². The summed E-state index contributed by atoms with van der Waals surface area (Å²) in [5.74, 6) is 0.242. The molecule has 1 heterocycles. The van der Waals surface area contributed by atoms with Crippen molar-refractivity contribution in [1.29, 1.82) is 0 Å². The average Bonchev–Trinajstić information content (AvgIpc) is 2.76. The second kappa shape index (κ2) is 7.77. The Hall–Kier alpha value is -1.47. The summed E-state index contributed by atoms with van der Waals surface area (Å²) in [6, 6.07) is 0. The van der Waals surface area contributed by atoms with Gasteiger partial charge in [-0.1, -0.05) is 5.16 Å². The Balaban J connectivity index is 1.90. The molecule has 0 amide bonds. The zero-order valence-corrected chi connectivity index (χ0v) is 9.14.